The molecule has 3 aliphatic heterocycles. The van der Waals surface area contributed by atoms with Crippen LogP contribution in [0.2, 0.25) is 0 Å². The second kappa shape index (κ2) is 14.3. The zero-order valence-corrected chi connectivity index (χ0v) is 30.4. The van der Waals surface area contributed by atoms with E-state index in [0.29, 0.717) is 47.9 Å². The number of hydrogen-bond donors (Lipinski definition) is 2. The molecule has 1 aliphatic carbocycles. The lowest BCUT2D eigenvalue weighted by molar-refractivity contribution is -0.136. The number of amides is 4. The summed E-state index contributed by atoms with van der Waals surface area (Å²) in [6.07, 6.45) is 6.57. The molecule has 0 spiro atoms. The number of imide groups is 2. The zero-order chi connectivity index (χ0) is 38.4. The molecule has 15 nitrogen and oxygen atoms in total. The van der Waals surface area contributed by atoms with Crippen LogP contribution in [0.3, 0.4) is 0 Å². The van der Waals surface area contributed by atoms with Crippen LogP contribution in [0.15, 0.2) is 83.6 Å². The summed E-state index contributed by atoms with van der Waals surface area (Å²) in [6.45, 7) is 3.02. The van der Waals surface area contributed by atoms with Gasteiger partial charge in [0.1, 0.15) is 23.6 Å². The lowest BCUT2D eigenvalue weighted by Crippen LogP contribution is -2.54. The van der Waals surface area contributed by atoms with Gasteiger partial charge in [-0.25, -0.2) is 9.97 Å². The van der Waals surface area contributed by atoms with Crippen LogP contribution in [0.5, 0.6) is 17.2 Å². The van der Waals surface area contributed by atoms with Gasteiger partial charge >= 0.3 is 0 Å². The average Bonchev–Trinajstić information content (AvgIpc) is 3.74. The molecule has 284 valence electrons. The number of anilines is 1. The maximum atomic E-state index is 13.2. The van der Waals surface area contributed by atoms with Gasteiger partial charge in [-0.1, -0.05) is 29.4 Å². The smallest absolute Gasteiger partial charge is 0.262 e. The maximum absolute atomic E-state index is 13.2. The fraction of sp³-hybridized carbons (Fsp3) is 0.317. The normalized spacial score (nSPS) is 21.6. The number of nitrogens with one attached hydrogen (secondary N) is 2. The standard InChI is InChI=1S/C41H37N7O8/c1-23-44-37(47-56-23)36-42-21-31(22-43-36)55-29-9-4-25(5-10-29)41(14-16-53-17-15-41)24-2-7-28(8-3-24)54-30-18-27(19-30)45-26-6-11-32-33(20-26)40(52)48(39(32)51)34-12-13-35(49)46-38(34)50/h2-11,20-22,27,30,34,45H,12-19H2,1H3,(H,46,49,50)/t27-,30-,34?. The summed E-state index contributed by atoms with van der Waals surface area (Å²) < 4.78 is 23.2. The number of nitrogens with zero attached hydrogens (tertiary/aromatic N) is 5. The number of benzene rings is 3. The van der Waals surface area contributed by atoms with Crippen LogP contribution in [-0.2, 0) is 19.7 Å². The van der Waals surface area contributed by atoms with E-state index < -0.39 is 29.7 Å². The Kier molecular flexibility index (Phi) is 9.00. The summed E-state index contributed by atoms with van der Waals surface area (Å²) in [5.74, 6) is 0.978. The van der Waals surface area contributed by atoms with Crippen molar-refractivity contribution >= 4 is 29.3 Å². The highest BCUT2D eigenvalue weighted by Gasteiger charge is 2.45. The lowest BCUT2D eigenvalue weighted by Gasteiger charge is -2.39. The Morgan fingerprint density at radius 3 is 2.16 bits per heavy atom. The molecule has 1 atom stereocenters. The van der Waals surface area contributed by atoms with Crippen molar-refractivity contribution in [3.63, 3.8) is 0 Å². The van der Waals surface area contributed by atoms with Crippen LogP contribution in [-0.4, -0.2) is 80.0 Å². The van der Waals surface area contributed by atoms with Crippen LogP contribution in [0.1, 0.15) is 76.3 Å². The Bertz CT molecular complexity index is 2320. The fourth-order valence-corrected chi connectivity index (χ4v) is 7.94. The maximum Gasteiger partial charge on any atom is 0.262 e. The van der Waals surface area contributed by atoms with E-state index in [0.717, 1.165) is 36.3 Å². The molecule has 1 saturated carbocycles. The molecule has 9 rings (SSSR count). The summed E-state index contributed by atoms with van der Waals surface area (Å²) in [7, 11) is 0. The minimum atomic E-state index is -0.994. The Morgan fingerprint density at radius 1 is 0.821 bits per heavy atom. The fourth-order valence-electron chi connectivity index (χ4n) is 7.94. The van der Waals surface area contributed by atoms with Crippen molar-refractivity contribution in [3.05, 3.63) is 107 Å². The number of carbonyl (C=O) groups excluding carboxylic acids is 4. The second-order valence-electron chi connectivity index (χ2n) is 14.5. The predicted octanol–water partition coefficient (Wildman–Crippen LogP) is 5.15. The van der Waals surface area contributed by atoms with Crippen LogP contribution in [0, 0.1) is 6.92 Å². The third-order valence-electron chi connectivity index (χ3n) is 11.0. The van der Waals surface area contributed by atoms with E-state index in [1.54, 1.807) is 37.5 Å². The monoisotopic (exact) mass is 755 g/mol. The van der Waals surface area contributed by atoms with E-state index in [4.69, 9.17) is 18.7 Å². The van der Waals surface area contributed by atoms with Crippen molar-refractivity contribution < 1.29 is 37.9 Å². The molecule has 56 heavy (non-hydrogen) atoms. The SMILES string of the molecule is Cc1nc(-c2ncc(Oc3ccc(C4(c5ccc(O[C@H]6C[C@H](Nc7ccc8c(c7)C(=O)N(C7CCC(=O)NC7=O)C8=O)C6)cc5)CCOCC4)cc3)cn2)no1. The molecule has 4 amide bonds. The van der Waals surface area contributed by atoms with E-state index in [2.05, 4.69) is 55.0 Å². The van der Waals surface area contributed by atoms with Gasteiger partial charge in [0.25, 0.3) is 11.8 Å². The summed E-state index contributed by atoms with van der Waals surface area (Å²) in [5, 5.41) is 9.52. The van der Waals surface area contributed by atoms with Crippen molar-refractivity contribution in [2.75, 3.05) is 18.5 Å². The van der Waals surface area contributed by atoms with Gasteiger partial charge in [0, 0.05) is 56.5 Å². The first-order chi connectivity index (χ1) is 27.2. The van der Waals surface area contributed by atoms with Gasteiger partial charge in [0.05, 0.1) is 23.5 Å². The molecule has 3 fully saturated rings. The second-order valence-corrected chi connectivity index (χ2v) is 14.5. The topological polar surface area (TPSA) is 188 Å². The van der Waals surface area contributed by atoms with Crippen LogP contribution in [0.25, 0.3) is 11.6 Å². The van der Waals surface area contributed by atoms with E-state index in [1.807, 2.05) is 24.3 Å². The summed E-state index contributed by atoms with van der Waals surface area (Å²) in [6, 6.07) is 20.6. The van der Waals surface area contributed by atoms with Crippen molar-refractivity contribution in [2.24, 2.45) is 0 Å². The molecule has 2 saturated heterocycles. The first-order valence-corrected chi connectivity index (χ1v) is 18.6. The number of hydrogen-bond acceptors (Lipinski definition) is 13. The van der Waals surface area contributed by atoms with E-state index in [9.17, 15) is 19.2 Å². The van der Waals surface area contributed by atoms with Crippen molar-refractivity contribution in [1.29, 1.82) is 0 Å². The Hall–Kier alpha value is -6.48. The minimum Gasteiger partial charge on any atom is -0.490 e. The molecule has 15 heteroatoms. The van der Waals surface area contributed by atoms with Crippen LogP contribution >= 0.6 is 0 Å². The Morgan fingerprint density at radius 2 is 1.50 bits per heavy atom. The number of rotatable bonds is 10. The molecule has 0 radical (unpaired) electrons. The highest BCUT2D eigenvalue weighted by molar-refractivity contribution is 6.23. The average molecular weight is 756 g/mol. The van der Waals surface area contributed by atoms with Gasteiger partial charge in [0.2, 0.25) is 29.4 Å². The van der Waals surface area contributed by atoms with Crippen LogP contribution in [0.4, 0.5) is 5.69 Å². The first-order valence-electron chi connectivity index (χ1n) is 18.6. The predicted molar refractivity (Wildman–Crippen MR) is 198 cm³/mol. The van der Waals surface area contributed by atoms with Crippen molar-refractivity contribution in [3.8, 4) is 28.9 Å². The highest BCUT2D eigenvalue weighted by Crippen LogP contribution is 2.43. The number of aromatic nitrogens is 4. The highest BCUT2D eigenvalue weighted by atomic mass is 16.5. The van der Waals surface area contributed by atoms with Gasteiger partial charge in [0.15, 0.2) is 5.75 Å². The number of carbonyl (C=O) groups is 4. The lowest BCUT2D eigenvalue weighted by atomic mass is 9.69. The number of aryl methyl sites for hydroxylation is 1. The number of fused-ring (bicyclic) bond motifs is 1. The number of piperidine rings is 1. The molecule has 5 aromatic rings. The first kappa shape index (κ1) is 35.2. The zero-order valence-electron chi connectivity index (χ0n) is 30.4. The van der Waals surface area contributed by atoms with Gasteiger partial charge in [-0.15, -0.1) is 0 Å². The summed E-state index contributed by atoms with van der Waals surface area (Å²) >= 11 is 0. The van der Waals surface area contributed by atoms with Gasteiger partial charge in [-0.05, 0) is 72.9 Å². The molecule has 1 unspecified atom stereocenters. The molecule has 2 aromatic heterocycles. The summed E-state index contributed by atoms with van der Waals surface area (Å²) in [5.41, 5.74) is 3.35. The van der Waals surface area contributed by atoms with Gasteiger partial charge < -0.3 is 24.1 Å². The van der Waals surface area contributed by atoms with E-state index in [1.165, 1.54) is 11.1 Å². The van der Waals surface area contributed by atoms with E-state index in [-0.39, 0.29) is 41.5 Å². The van der Waals surface area contributed by atoms with Crippen molar-refractivity contribution in [2.45, 2.75) is 69.1 Å². The van der Waals surface area contributed by atoms with Crippen molar-refractivity contribution in [1.82, 2.24) is 30.3 Å². The van der Waals surface area contributed by atoms with Gasteiger partial charge in [-0.2, -0.15) is 4.98 Å². The van der Waals surface area contributed by atoms with Gasteiger partial charge in [-0.3, -0.25) is 29.4 Å². The molecule has 5 heterocycles. The van der Waals surface area contributed by atoms with E-state index >= 15 is 0 Å². The summed E-state index contributed by atoms with van der Waals surface area (Å²) in [4.78, 5) is 64.0. The van der Waals surface area contributed by atoms with Crippen LogP contribution < -0.4 is 20.1 Å². The molecule has 0 bridgehead atoms. The molecular formula is C41H37N7O8. The third kappa shape index (κ3) is 6.63. The third-order valence-corrected chi connectivity index (χ3v) is 11.0. The Labute approximate surface area is 320 Å². The minimum absolute atomic E-state index is 0.0216. The molecule has 4 aliphatic rings. The number of ether oxygens (including phenoxy) is 3. The largest absolute Gasteiger partial charge is 0.490 e. The molecule has 2 N–H and O–H groups in total. The molecular weight excluding hydrogens is 718 g/mol. The quantitative estimate of drug-likeness (QED) is 0.178. The molecule has 3 aromatic carbocycles. The Balaban J connectivity index is 0.806.